The van der Waals surface area contributed by atoms with E-state index in [1.807, 2.05) is 0 Å². The lowest BCUT2D eigenvalue weighted by atomic mass is 10.2. The van der Waals surface area contributed by atoms with E-state index in [9.17, 15) is 10.1 Å². The van der Waals surface area contributed by atoms with Crippen molar-refractivity contribution < 1.29 is 10.0 Å². The second kappa shape index (κ2) is 4.11. The monoisotopic (exact) mass is 194 g/mol. The van der Waals surface area contributed by atoms with Gasteiger partial charge >= 0.3 is 5.69 Å². The first kappa shape index (κ1) is 9.82. The molecule has 1 N–H and O–H groups in total. The third kappa shape index (κ3) is 2.11. The molecule has 0 radical (unpaired) electrons. The first-order valence-corrected chi connectivity index (χ1v) is 3.62. The molecular weight excluding hydrogens is 188 g/mol. The summed E-state index contributed by atoms with van der Waals surface area (Å²) in [6.45, 7) is 0.0254. The maximum atomic E-state index is 10.4. The van der Waals surface area contributed by atoms with Crippen LogP contribution in [0.3, 0.4) is 0 Å². The van der Waals surface area contributed by atoms with Crippen LogP contribution < -0.4 is 0 Å². The second-order valence-corrected chi connectivity index (χ2v) is 2.47. The number of nitro groups is 1. The van der Waals surface area contributed by atoms with Crippen molar-refractivity contribution in [2.45, 2.75) is 6.54 Å². The van der Waals surface area contributed by atoms with Crippen molar-refractivity contribution in [3.05, 3.63) is 44.3 Å². The van der Waals surface area contributed by atoms with Gasteiger partial charge in [0.2, 0.25) is 0 Å². The number of hydrogen-bond acceptors (Lipinski definition) is 4. The molecule has 0 saturated heterocycles. The van der Waals surface area contributed by atoms with Crippen LogP contribution >= 0.6 is 0 Å². The maximum absolute atomic E-state index is 10.4. The Morgan fingerprint density at radius 1 is 1.64 bits per heavy atom. The summed E-state index contributed by atoms with van der Waals surface area (Å²) in [4.78, 5) is 12.2. The Balaban J connectivity index is 3.06. The smallest absolute Gasteiger partial charge is 0.310 e. The Labute approximate surface area is 78.4 Å². The molecule has 0 aliphatic rings. The van der Waals surface area contributed by atoms with Crippen LogP contribution in [0.25, 0.3) is 10.4 Å². The number of nitro benzene ring substituents is 1. The van der Waals surface area contributed by atoms with E-state index in [-0.39, 0.29) is 6.54 Å². The minimum absolute atomic E-state index is 0.0254. The molecule has 1 aromatic carbocycles. The summed E-state index contributed by atoms with van der Waals surface area (Å²) in [6.07, 6.45) is 0. The van der Waals surface area contributed by atoms with Gasteiger partial charge in [0.25, 0.3) is 0 Å². The SMILES string of the molecule is [N-]=[N+]=NCc1ccc(O)c([N+](=O)[O-])c1. The zero-order valence-electron chi connectivity index (χ0n) is 6.99. The summed E-state index contributed by atoms with van der Waals surface area (Å²) in [7, 11) is 0. The van der Waals surface area contributed by atoms with Gasteiger partial charge in [0.1, 0.15) is 0 Å². The lowest BCUT2D eigenvalue weighted by molar-refractivity contribution is -0.385. The van der Waals surface area contributed by atoms with E-state index in [0.29, 0.717) is 5.56 Å². The van der Waals surface area contributed by atoms with Crippen LogP contribution in [0, 0.1) is 10.1 Å². The van der Waals surface area contributed by atoms with Gasteiger partial charge in [-0.1, -0.05) is 11.2 Å². The average Bonchev–Trinajstić information content (AvgIpc) is 2.16. The molecule has 0 aliphatic carbocycles. The van der Waals surface area contributed by atoms with Gasteiger partial charge in [-0.15, -0.1) is 0 Å². The predicted molar refractivity (Wildman–Crippen MR) is 47.6 cm³/mol. The summed E-state index contributed by atoms with van der Waals surface area (Å²) in [5, 5.41) is 22.7. The largest absolute Gasteiger partial charge is 0.502 e. The van der Waals surface area contributed by atoms with Gasteiger partial charge in [-0.2, -0.15) is 0 Å². The number of nitrogens with zero attached hydrogens (tertiary/aromatic N) is 4. The summed E-state index contributed by atoms with van der Waals surface area (Å²) < 4.78 is 0. The Hall–Kier alpha value is -2.27. The van der Waals surface area contributed by atoms with Crippen LogP contribution in [0.4, 0.5) is 5.69 Å². The summed E-state index contributed by atoms with van der Waals surface area (Å²) >= 11 is 0. The number of phenolic OH excluding ortho intramolecular Hbond substituents is 1. The summed E-state index contributed by atoms with van der Waals surface area (Å²) in [5.41, 5.74) is 8.12. The van der Waals surface area contributed by atoms with Gasteiger partial charge in [-0.05, 0) is 17.2 Å². The topological polar surface area (TPSA) is 112 Å². The van der Waals surface area contributed by atoms with Crippen LogP contribution in [-0.4, -0.2) is 10.0 Å². The second-order valence-electron chi connectivity index (χ2n) is 2.47. The van der Waals surface area contributed by atoms with Crippen molar-refractivity contribution >= 4 is 5.69 Å². The van der Waals surface area contributed by atoms with Crippen molar-refractivity contribution in [3.8, 4) is 5.75 Å². The number of hydrogen-bond donors (Lipinski definition) is 1. The molecule has 14 heavy (non-hydrogen) atoms. The van der Waals surface area contributed by atoms with Gasteiger partial charge in [0.05, 0.1) is 11.5 Å². The molecule has 0 aromatic heterocycles. The Morgan fingerprint density at radius 3 is 2.93 bits per heavy atom. The molecule has 1 aromatic rings. The third-order valence-corrected chi connectivity index (χ3v) is 1.55. The van der Waals surface area contributed by atoms with Gasteiger partial charge in [0, 0.05) is 11.0 Å². The van der Waals surface area contributed by atoms with Crippen LogP contribution in [0.5, 0.6) is 5.75 Å². The van der Waals surface area contributed by atoms with E-state index in [1.165, 1.54) is 18.2 Å². The number of aromatic hydroxyl groups is 1. The normalized spacial score (nSPS) is 9.14. The molecule has 1 rings (SSSR count). The minimum atomic E-state index is -0.699. The van der Waals surface area contributed by atoms with Crippen molar-refractivity contribution in [2.24, 2.45) is 5.11 Å². The van der Waals surface area contributed by atoms with E-state index in [0.717, 1.165) is 0 Å². The molecule has 0 heterocycles. The molecule has 72 valence electrons. The Kier molecular flexibility index (Phi) is 2.88. The maximum Gasteiger partial charge on any atom is 0.310 e. The molecule has 0 saturated carbocycles. The Bertz CT molecular complexity index is 411. The zero-order chi connectivity index (χ0) is 10.6. The molecule has 0 spiro atoms. The van der Waals surface area contributed by atoms with Crippen molar-refractivity contribution in [2.75, 3.05) is 0 Å². The molecular formula is C7H6N4O3. The quantitative estimate of drug-likeness (QED) is 0.261. The van der Waals surface area contributed by atoms with Crippen LogP contribution in [0.1, 0.15) is 5.56 Å². The highest BCUT2D eigenvalue weighted by Gasteiger charge is 2.12. The lowest BCUT2D eigenvalue weighted by Crippen LogP contribution is -1.90. The zero-order valence-corrected chi connectivity index (χ0v) is 6.99. The molecule has 0 amide bonds. The van der Waals surface area contributed by atoms with E-state index < -0.39 is 16.4 Å². The van der Waals surface area contributed by atoms with Crippen LogP contribution in [-0.2, 0) is 6.54 Å². The third-order valence-electron chi connectivity index (χ3n) is 1.55. The molecule has 0 aliphatic heterocycles. The van der Waals surface area contributed by atoms with E-state index in [4.69, 9.17) is 10.6 Å². The van der Waals surface area contributed by atoms with Gasteiger partial charge in [-0.25, -0.2) is 0 Å². The molecule has 7 heteroatoms. The fourth-order valence-electron chi connectivity index (χ4n) is 0.927. The highest BCUT2D eigenvalue weighted by Crippen LogP contribution is 2.26. The van der Waals surface area contributed by atoms with Crippen molar-refractivity contribution in [1.29, 1.82) is 0 Å². The fourth-order valence-corrected chi connectivity index (χ4v) is 0.927. The van der Waals surface area contributed by atoms with E-state index >= 15 is 0 Å². The van der Waals surface area contributed by atoms with Crippen LogP contribution in [0.2, 0.25) is 0 Å². The highest BCUT2D eigenvalue weighted by molar-refractivity contribution is 5.47. The summed E-state index contributed by atoms with van der Waals surface area (Å²) in [6, 6.07) is 3.82. The molecule has 7 nitrogen and oxygen atoms in total. The van der Waals surface area contributed by atoms with E-state index in [1.54, 1.807) is 0 Å². The highest BCUT2D eigenvalue weighted by atomic mass is 16.6. The number of rotatable bonds is 3. The first-order chi connectivity index (χ1) is 6.65. The fraction of sp³-hybridized carbons (Fsp3) is 0.143. The van der Waals surface area contributed by atoms with Gasteiger partial charge in [0.15, 0.2) is 5.75 Å². The molecule has 0 unspecified atom stereocenters. The van der Waals surface area contributed by atoms with Crippen molar-refractivity contribution in [1.82, 2.24) is 0 Å². The predicted octanol–water partition coefficient (Wildman–Crippen LogP) is 2.11. The lowest BCUT2D eigenvalue weighted by Gasteiger charge is -1.98. The molecule has 0 bridgehead atoms. The van der Waals surface area contributed by atoms with Gasteiger partial charge in [-0.3, -0.25) is 10.1 Å². The number of phenols is 1. The van der Waals surface area contributed by atoms with E-state index in [2.05, 4.69) is 10.0 Å². The number of benzene rings is 1. The first-order valence-electron chi connectivity index (χ1n) is 3.62. The molecule has 0 fully saturated rings. The van der Waals surface area contributed by atoms with Crippen LogP contribution in [0.15, 0.2) is 23.3 Å². The minimum Gasteiger partial charge on any atom is -0.502 e. The van der Waals surface area contributed by atoms with Gasteiger partial charge < -0.3 is 5.11 Å². The summed E-state index contributed by atoms with van der Waals surface area (Å²) in [5.74, 6) is -0.403. The molecule has 0 atom stereocenters. The standard InChI is InChI=1S/C7H6N4O3/c8-10-9-4-5-1-2-7(12)6(3-5)11(13)14/h1-3,12H,4H2. The van der Waals surface area contributed by atoms with Crippen molar-refractivity contribution in [3.63, 3.8) is 0 Å². The Morgan fingerprint density at radius 2 is 2.36 bits per heavy atom. The number of azide groups is 1. The average molecular weight is 194 g/mol.